The average Bonchev–Trinajstić information content (AvgIpc) is 3.40. The molecular formula is C21H17N7OS. The monoisotopic (exact) mass is 415 g/mol. The molecule has 0 aliphatic heterocycles. The summed E-state index contributed by atoms with van der Waals surface area (Å²) in [5, 5.41) is 20.0. The molecule has 0 unspecified atom stereocenters. The first-order valence-corrected chi connectivity index (χ1v) is 9.85. The molecule has 0 amide bonds. The highest BCUT2D eigenvalue weighted by molar-refractivity contribution is 7.14. The Bertz CT molecular complexity index is 1390. The molecule has 8 nitrogen and oxygen atoms in total. The van der Waals surface area contributed by atoms with E-state index in [9.17, 15) is 10.5 Å². The van der Waals surface area contributed by atoms with E-state index in [1.54, 1.807) is 18.3 Å². The third-order valence-corrected chi connectivity index (χ3v) is 5.71. The Morgan fingerprint density at radius 3 is 2.73 bits per heavy atom. The van der Waals surface area contributed by atoms with Gasteiger partial charge < -0.3 is 9.72 Å². The predicted molar refractivity (Wildman–Crippen MR) is 114 cm³/mol. The van der Waals surface area contributed by atoms with E-state index >= 15 is 0 Å². The van der Waals surface area contributed by atoms with Crippen molar-refractivity contribution in [2.24, 2.45) is 0 Å². The van der Waals surface area contributed by atoms with Crippen LogP contribution in [0, 0.1) is 43.4 Å². The molecule has 0 atom stereocenters. The lowest BCUT2D eigenvalue weighted by atomic mass is 10.2. The third kappa shape index (κ3) is 3.21. The van der Waals surface area contributed by atoms with E-state index in [0.717, 1.165) is 21.4 Å². The molecule has 4 aromatic heterocycles. The molecule has 9 heteroatoms. The Morgan fingerprint density at radius 2 is 2.03 bits per heavy atom. The van der Waals surface area contributed by atoms with Crippen LogP contribution < -0.4 is 4.74 Å². The van der Waals surface area contributed by atoms with Gasteiger partial charge in [0.05, 0.1) is 41.2 Å². The van der Waals surface area contributed by atoms with Crippen LogP contribution in [0.15, 0.2) is 18.3 Å². The number of allylic oxidation sites excluding steroid dienone is 1. The molecule has 0 radical (unpaired) electrons. The zero-order valence-corrected chi connectivity index (χ0v) is 17.6. The first kappa shape index (κ1) is 19.4. The van der Waals surface area contributed by atoms with Gasteiger partial charge in [-0.1, -0.05) is 0 Å². The van der Waals surface area contributed by atoms with Crippen LogP contribution in [0.4, 0.5) is 0 Å². The maximum atomic E-state index is 9.74. The number of nitrogens with one attached hydrogen (secondary N) is 1. The van der Waals surface area contributed by atoms with Gasteiger partial charge in [0, 0.05) is 16.6 Å². The fraction of sp³-hybridized carbons (Fsp3) is 0.190. The van der Waals surface area contributed by atoms with E-state index in [1.165, 1.54) is 18.4 Å². The lowest BCUT2D eigenvalue weighted by molar-refractivity contribution is 0.398. The molecule has 148 valence electrons. The minimum Gasteiger partial charge on any atom is -0.481 e. The van der Waals surface area contributed by atoms with Crippen LogP contribution in [0.25, 0.3) is 27.7 Å². The summed E-state index contributed by atoms with van der Waals surface area (Å²) in [6.45, 7) is 5.77. The molecule has 0 aliphatic carbocycles. The number of imidazole rings is 2. The van der Waals surface area contributed by atoms with Gasteiger partial charge in [-0.3, -0.25) is 4.57 Å². The highest BCUT2D eigenvalue weighted by Gasteiger charge is 2.18. The normalized spacial score (nSPS) is 11.5. The van der Waals surface area contributed by atoms with E-state index in [4.69, 9.17) is 4.74 Å². The Labute approximate surface area is 176 Å². The molecule has 30 heavy (non-hydrogen) atoms. The van der Waals surface area contributed by atoms with Crippen molar-refractivity contribution in [1.29, 1.82) is 10.5 Å². The fourth-order valence-corrected chi connectivity index (χ4v) is 4.32. The third-order valence-electron chi connectivity index (χ3n) is 4.68. The number of pyridine rings is 1. The minimum atomic E-state index is 0.348. The number of thiophene rings is 1. The summed E-state index contributed by atoms with van der Waals surface area (Å²) in [6.07, 6.45) is 3.32. The van der Waals surface area contributed by atoms with Crippen LogP contribution in [0.1, 0.15) is 33.5 Å². The maximum absolute atomic E-state index is 9.74. The number of fused-ring (bicyclic) bond motifs is 1. The number of hydrogen-bond donors (Lipinski definition) is 1. The summed E-state index contributed by atoms with van der Waals surface area (Å²) in [7, 11) is 1.54. The molecule has 1 N–H and O–H groups in total. The zero-order valence-electron chi connectivity index (χ0n) is 16.8. The van der Waals surface area contributed by atoms with Gasteiger partial charge in [0.2, 0.25) is 5.88 Å². The Morgan fingerprint density at radius 1 is 1.23 bits per heavy atom. The van der Waals surface area contributed by atoms with Crippen molar-refractivity contribution in [2.75, 3.05) is 7.11 Å². The molecule has 0 saturated carbocycles. The Hall–Kier alpha value is -3.95. The fourth-order valence-electron chi connectivity index (χ4n) is 3.27. The van der Waals surface area contributed by atoms with Crippen molar-refractivity contribution >= 4 is 34.0 Å². The quantitative estimate of drug-likeness (QED) is 0.502. The topological polar surface area (TPSA) is 116 Å². The van der Waals surface area contributed by atoms with Crippen LogP contribution >= 0.6 is 11.3 Å². The van der Waals surface area contributed by atoms with E-state index in [2.05, 4.69) is 32.1 Å². The number of ether oxygens (including phenoxy) is 1. The van der Waals surface area contributed by atoms with E-state index in [-0.39, 0.29) is 0 Å². The number of methoxy groups -OCH3 is 1. The van der Waals surface area contributed by atoms with Gasteiger partial charge in [-0.05, 0) is 32.9 Å². The summed E-state index contributed by atoms with van der Waals surface area (Å²) in [6, 6.07) is 8.01. The molecule has 0 saturated heterocycles. The Kier molecular flexibility index (Phi) is 4.82. The second kappa shape index (κ2) is 7.47. The number of nitriles is 2. The number of H-pyrrole nitrogens is 1. The summed E-state index contributed by atoms with van der Waals surface area (Å²) in [4.78, 5) is 17.4. The number of aromatic amines is 1. The van der Waals surface area contributed by atoms with Crippen molar-refractivity contribution in [3.63, 3.8) is 0 Å². The van der Waals surface area contributed by atoms with Crippen molar-refractivity contribution in [1.82, 2.24) is 24.5 Å². The highest BCUT2D eigenvalue weighted by atomic mass is 32.1. The van der Waals surface area contributed by atoms with Crippen molar-refractivity contribution in [2.45, 2.75) is 20.8 Å². The maximum Gasteiger partial charge on any atom is 0.215 e. The van der Waals surface area contributed by atoms with E-state index in [0.29, 0.717) is 39.6 Å². The summed E-state index contributed by atoms with van der Waals surface area (Å²) in [5.41, 5.74) is 3.81. The van der Waals surface area contributed by atoms with Crippen molar-refractivity contribution in [3.8, 4) is 23.0 Å². The zero-order chi connectivity index (χ0) is 21.4. The number of rotatable bonds is 4. The smallest absolute Gasteiger partial charge is 0.215 e. The molecule has 4 aromatic rings. The standard InChI is InChI=1S/C21H17N7OS/c1-11-5-15(9-23)21(30-11)28-12(2)16(25-13(28)3)6-14(8-22)20-26-17-7-19(29-4)24-10-18(17)27-20/h5-7,10H,1-4H3,(H,26,27). The SMILES string of the molecule is COc1cc2nc(C(C#N)=Cc3nc(C)n(-c4sc(C)cc4C#N)c3C)[nH]c2cn1. The lowest BCUT2D eigenvalue weighted by Gasteiger charge is -2.05. The molecule has 0 aliphatic rings. The van der Waals surface area contributed by atoms with Crippen LogP contribution in [-0.4, -0.2) is 31.6 Å². The first-order valence-electron chi connectivity index (χ1n) is 9.04. The van der Waals surface area contributed by atoms with Crippen LogP contribution in [-0.2, 0) is 0 Å². The van der Waals surface area contributed by atoms with Gasteiger partial charge in [-0.2, -0.15) is 10.5 Å². The number of aromatic nitrogens is 5. The molecule has 0 bridgehead atoms. The van der Waals surface area contributed by atoms with Gasteiger partial charge >= 0.3 is 0 Å². The van der Waals surface area contributed by atoms with Crippen LogP contribution in [0.3, 0.4) is 0 Å². The van der Waals surface area contributed by atoms with Gasteiger partial charge in [0.25, 0.3) is 0 Å². The van der Waals surface area contributed by atoms with Crippen molar-refractivity contribution < 1.29 is 4.74 Å². The lowest BCUT2D eigenvalue weighted by Crippen LogP contribution is -1.98. The van der Waals surface area contributed by atoms with Crippen LogP contribution in [0.2, 0.25) is 0 Å². The second-order valence-corrected chi connectivity index (χ2v) is 7.89. The molecule has 0 spiro atoms. The molecule has 4 rings (SSSR count). The largest absolute Gasteiger partial charge is 0.481 e. The van der Waals surface area contributed by atoms with E-state index < -0.39 is 0 Å². The van der Waals surface area contributed by atoms with Gasteiger partial charge in [-0.15, -0.1) is 11.3 Å². The first-order chi connectivity index (χ1) is 14.4. The molecule has 0 fully saturated rings. The number of aryl methyl sites for hydroxylation is 2. The molecular weight excluding hydrogens is 398 g/mol. The highest BCUT2D eigenvalue weighted by Crippen LogP contribution is 2.30. The predicted octanol–water partition coefficient (Wildman–Crippen LogP) is 4.07. The van der Waals surface area contributed by atoms with Gasteiger partial charge in [0.15, 0.2) is 0 Å². The van der Waals surface area contributed by atoms with Crippen LogP contribution in [0.5, 0.6) is 5.88 Å². The molecule has 4 heterocycles. The average molecular weight is 415 g/mol. The second-order valence-electron chi connectivity index (χ2n) is 6.65. The summed E-state index contributed by atoms with van der Waals surface area (Å²) < 4.78 is 7.08. The molecule has 0 aromatic carbocycles. The summed E-state index contributed by atoms with van der Waals surface area (Å²) in [5.74, 6) is 1.62. The number of hydrogen-bond acceptors (Lipinski definition) is 7. The van der Waals surface area contributed by atoms with E-state index in [1.807, 2.05) is 31.4 Å². The van der Waals surface area contributed by atoms with Gasteiger partial charge in [0.1, 0.15) is 28.8 Å². The van der Waals surface area contributed by atoms with Crippen molar-refractivity contribution in [3.05, 3.63) is 51.8 Å². The Balaban J connectivity index is 1.81. The number of nitrogens with zero attached hydrogens (tertiary/aromatic N) is 6. The van der Waals surface area contributed by atoms with Gasteiger partial charge in [-0.25, -0.2) is 15.0 Å². The minimum absolute atomic E-state index is 0.348. The summed E-state index contributed by atoms with van der Waals surface area (Å²) >= 11 is 1.54.